The molecule has 1 saturated heterocycles. The number of amides is 1. The summed E-state index contributed by atoms with van der Waals surface area (Å²) in [5, 5.41) is 2.81. The van der Waals surface area contributed by atoms with Gasteiger partial charge in [-0.05, 0) is 46.3 Å². The standard InChI is InChI=1S/C11H11BrFNOS/c12-9-5-8(13)1-2-10(9)14-11(15)7-3-4-16-6-7/h1-2,5,7H,3-4,6H2,(H,14,15). The van der Waals surface area contributed by atoms with Crippen LogP contribution in [0.4, 0.5) is 10.1 Å². The smallest absolute Gasteiger partial charge is 0.228 e. The lowest BCUT2D eigenvalue weighted by atomic mass is 10.1. The summed E-state index contributed by atoms with van der Waals surface area (Å²) >= 11 is 5.02. The maximum atomic E-state index is 12.8. The average Bonchev–Trinajstić information content (AvgIpc) is 2.75. The van der Waals surface area contributed by atoms with E-state index in [9.17, 15) is 9.18 Å². The zero-order chi connectivity index (χ0) is 11.5. The minimum absolute atomic E-state index is 0.0253. The highest BCUT2D eigenvalue weighted by Crippen LogP contribution is 2.27. The predicted molar refractivity (Wildman–Crippen MR) is 68.2 cm³/mol. The van der Waals surface area contributed by atoms with E-state index in [0.717, 1.165) is 17.9 Å². The van der Waals surface area contributed by atoms with Crippen molar-refractivity contribution < 1.29 is 9.18 Å². The first-order valence-electron chi connectivity index (χ1n) is 5.00. The molecule has 2 nitrogen and oxygen atoms in total. The Bertz CT molecular complexity index is 407. The molecule has 1 fully saturated rings. The van der Waals surface area contributed by atoms with Crippen molar-refractivity contribution in [1.29, 1.82) is 0 Å². The van der Waals surface area contributed by atoms with Crippen LogP contribution in [0, 0.1) is 11.7 Å². The molecule has 0 saturated carbocycles. The molecule has 1 aromatic rings. The lowest BCUT2D eigenvalue weighted by Crippen LogP contribution is -2.22. The van der Waals surface area contributed by atoms with Gasteiger partial charge in [0, 0.05) is 16.1 Å². The third-order valence-corrected chi connectivity index (χ3v) is 4.31. The van der Waals surface area contributed by atoms with Crippen molar-refractivity contribution in [3.8, 4) is 0 Å². The number of nitrogens with one attached hydrogen (secondary N) is 1. The molecule has 2 rings (SSSR count). The molecule has 1 aromatic carbocycles. The summed E-state index contributed by atoms with van der Waals surface area (Å²) in [4.78, 5) is 11.8. The van der Waals surface area contributed by atoms with Crippen LogP contribution < -0.4 is 5.32 Å². The molecule has 1 heterocycles. The maximum Gasteiger partial charge on any atom is 0.228 e. The molecular formula is C11H11BrFNOS. The molecule has 1 unspecified atom stereocenters. The Hall–Kier alpha value is -0.550. The minimum atomic E-state index is -0.318. The van der Waals surface area contributed by atoms with Crippen LogP contribution in [-0.2, 0) is 4.79 Å². The van der Waals surface area contributed by atoms with E-state index in [1.807, 2.05) is 0 Å². The molecule has 0 spiro atoms. The highest BCUT2D eigenvalue weighted by atomic mass is 79.9. The van der Waals surface area contributed by atoms with Crippen LogP contribution in [-0.4, -0.2) is 17.4 Å². The molecule has 1 aliphatic heterocycles. The Morgan fingerprint density at radius 3 is 3.00 bits per heavy atom. The first-order valence-corrected chi connectivity index (χ1v) is 6.95. The fraction of sp³-hybridized carbons (Fsp3) is 0.364. The van der Waals surface area contributed by atoms with E-state index in [1.165, 1.54) is 12.1 Å². The number of hydrogen-bond donors (Lipinski definition) is 1. The van der Waals surface area contributed by atoms with Crippen LogP contribution >= 0.6 is 27.7 Å². The van der Waals surface area contributed by atoms with E-state index in [4.69, 9.17) is 0 Å². The topological polar surface area (TPSA) is 29.1 Å². The van der Waals surface area contributed by atoms with E-state index in [-0.39, 0.29) is 17.6 Å². The Kier molecular flexibility index (Phi) is 3.86. The van der Waals surface area contributed by atoms with Gasteiger partial charge in [0.25, 0.3) is 0 Å². The van der Waals surface area contributed by atoms with Crippen molar-refractivity contribution in [2.75, 3.05) is 16.8 Å². The number of carbonyl (C=O) groups is 1. The number of benzene rings is 1. The van der Waals surface area contributed by atoms with Crippen LogP contribution in [0.3, 0.4) is 0 Å². The fourth-order valence-corrected chi connectivity index (χ4v) is 3.24. The maximum absolute atomic E-state index is 12.8. The van der Waals surface area contributed by atoms with E-state index in [2.05, 4.69) is 21.2 Å². The van der Waals surface area contributed by atoms with Crippen molar-refractivity contribution in [2.45, 2.75) is 6.42 Å². The molecule has 0 aliphatic carbocycles. The minimum Gasteiger partial charge on any atom is -0.325 e. The van der Waals surface area contributed by atoms with Gasteiger partial charge in [0.1, 0.15) is 5.82 Å². The fourth-order valence-electron chi connectivity index (χ4n) is 1.57. The van der Waals surface area contributed by atoms with E-state index >= 15 is 0 Å². The Balaban J connectivity index is 2.05. The van der Waals surface area contributed by atoms with Gasteiger partial charge in [-0.3, -0.25) is 4.79 Å². The number of hydrogen-bond acceptors (Lipinski definition) is 2. The predicted octanol–water partition coefficient (Wildman–Crippen LogP) is 3.28. The van der Waals surface area contributed by atoms with Crippen molar-refractivity contribution in [2.24, 2.45) is 5.92 Å². The van der Waals surface area contributed by atoms with Crippen molar-refractivity contribution in [1.82, 2.24) is 0 Å². The second kappa shape index (κ2) is 5.19. The summed E-state index contributed by atoms with van der Waals surface area (Å²) in [6.07, 6.45) is 0.926. The van der Waals surface area contributed by atoms with Crippen LogP contribution in [0.25, 0.3) is 0 Å². The van der Waals surface area contributed by atoms with Gasteiger partial charge < -0.3 is 5.32 Å². The Labute approximate surface area is 106 Å². The van der Waals surface area contributed by atoms with Gasteiger partial charge in [-0.1, -0.05) is 0 Å². The number of rotatable bonds is 2. The van der Waals surface area contributed by atoms with Crippen molar-refractivity contribution >= 4 is 39.3 Å². The summed E-state index contributed by atoms with van der Waals surface area (Å²) in [7, 11) is 0. The lowest BCUT2D eigenvalue weighted by Gasteiger charge is -2.11. The average molecular weight is 304 g/mol. The molecule has 1 N–H and O–H groups in total. The number of thioether (sulfide) groups is 1. The van der Waals surface area contributed by atoms with Gasteiger partial charge in [-0.15, -0.1) is 0 Å². The lowest BCUT2D eigenvalue weighted by molar-refractivity contribution is -0.119. The van der Waals surface area contributed by atoms with Gasteiger partial charge in [0.15, 0.2) is 0 Å². The summed E-state index contributed by atoms with van der Waals surface area (Å²) in [5.41, 5.74) is 0.628. The van der Waals surface area contributed by atoms with Crippen molar-refractivity contribution in [3.63, 3.8) is 0 Å². The SMILES string of the molecule is O=C(Nc1ccc(F)cc1Br)C1CCSC1. The Morgan fingerprint density at radius 1 is 1.56 bits per heavy atom. The van der Waals surface area contributed by atoms with E-state index in [0.29, 0.717) is 10.2 Å². The second-order valence-electron chi connectivity index (χ2n) is 3.67. The molecule has 0 bridgehead atoms. The molecule has 16 heavy (non-hydrogen) atoms. The number of halogens is 2. The molecular weight excluding hydrogens is 293 g/mol. The van der Waals surface area contributed by atoms with Gasteiger partial charge in [-0.2, -0.15) is 11.8 Å². The van der Waals surface area contributed by atoms with E-state index in [1.54, 1.807) is 17.8 Å². The molecule has 1 atom stereocenters. The monoisotopic (exact) mass is 303 g/mol. The molecule has 1 aliphatic rings. The van der Waals surface area contributed by atoms with Crippen LogP contribution in [0.2, 0.25) is 0 Å². The highest BCUT2D eigenvalue weighted by Gasteiger charge is 2.23. The normalized spacial score (nSPS) is 19.8. The van der Waals surface area contributed by atoms with Crippen LogP contribution in [0.5, 0.6) is 0 Å². The quantitative estimate of drug-likeness (QED) is 0.908. The molecule has 1 amide bonds. The zero-order valence-electron chi connectivity index (χ0n) is 8.50. The van der Waals surface area contributed by atoms with Gasteiger partial charge in [0.2, 0.25) is 5.91 Å². The Morgan fingerprint density at radius 2 is 2.38 bits per heavy atom. The first-order chi connectivity index (χ1) is 7.66. The first kappa shape index (κ1) is 11.9. The van der Waals surface area contributed by atoms with Gasteiger partial charge >= 0.3 is 0 Å². The second-order valence-corrected chi connectivity index (χ2v) is 5.68. The summed E-state index contributed by atoms with van der Waals surface area (Å²) in [5.74, 6) is 1.72. The van der Waals surface area contributed by atoms with Gasteiger partial charge in [0.05, 0.1) is 5.69 Å². The summed E-state index contributed by atoms with van der Waals surface area (Å²) in [6.45, 7) is 0. The highest BCUT2D eigenvalue weighted by molar-refractivity contribution is 9.10. The van der Waals surface area contributed by atoms with Crippen LogP contribution in [0.1, 0.15) is 6.42 Å². The third-order valence-electron chi connectivity index (χ3n) is 2.49. The van der Waals surface area contributed by atoms with Gasteiger partial charge in [-0.25, -0.2) is 4.39 Å². The van der Waals surface area contributed by atoms with Crippen molar-refractivity contribution in [3.05, 3.63) is 28.5 Å². The molecule has 86 valence electrons. The van der Waals surface area contributed by atoms with E-state index < -0.39 is 0 Å². The molecule has 0 aromatic heterocycles. The molecule has 0 radical (unpaired) electrons. The summed E-state index contributed by atoms with van der Waals surface area (Å²) in [6, 6.07) is 4.25. The summed E-state index contributed by atoms with van der Waals surface area (Å²) < 4.78 is 13.4. The van der Waals surface area contributed by atoms with Crippen LogP contribution in [0.15, 0.2) is 22.7 Å². The molecule has 5 heteroatoms. The number of carbonyl (C=O) groups excluding carboxylic acids is 1. The number of anilines is 1. The zero-order valence-corrected chi connectivity index (χ0v) is 10.9. The third kappa shape index (κ3) is 2.77. The largest absolute Gasteiger partial charge is 0.325 e.